The number of amides is 1. The molecule has 1 rings (SSSR count). The second-order valence-electron chi connectivity index (χ2n) is 4.96. The molecule has 0 unspecified atom stereocenters. The van der Waals surface area contributed by atoms with Gasteiger partial charge in [0.2, 0.25) is 0 Å². The minimum Gasteiger partial charge on any atom is -0.465 e. The molecule has 0 saturated heterocycles. The molecule has 1 aliphatic carbocycles. The molecule has 4 N–H and O–H groups in total. The van der Waals surface area contributed by atoms with Gasteiger partial charge in [0.1, 0.15) is 0 Å². The minimum atomic E-state index is -0.946. The molecule has 0 aliphatic heterocycles. The molecule has 0 aromatic rings. The average Bonchev–Trinajstić information content (AvgIpc) is 2.22. The van der Waals surface area contributed by atoms with E-state index in [1.807, 2.05) is 6.92 Å². The molecule has 0 aromatic heterocycles. The summed E-state index contributed by atoms with van der Waals surface area (Å²) < 4.78 is 0. The molecule has 0 heterocycles. The van der Waals surface area contributed by atoms with E-state index in [4.69, 9.17) is 10.8 Å². The van der Waals surface area contributed by atoms with Crippen molar-refractivity contribution in [3.8, 4) is 0 Å². The van der Waals surface area contributed by atoms with Crippen molar-refractivity contribution in [2.75, 3.05) is 6.54 Å². The first-order chi connectivity index (χ1) is 6.33. The minimum absolute atomic E-state index is 0.0693. The Kier molecular flexibility index (Phi) is 2.76. The topological polar surface area (TPSA) is 75.3 Å². The van der Waals surface area contributed by atoms with Gasteiger partial charge < -0.3 is 16.2 Å². The van der Waals surface area contributed by atoms with Gasteiger partial charge in [-0.05, 0) is 37.6 Å². The molecule has 2 atom stereocenters. The van der Waals surface area contributed by atoms with E-state index in [1.54, 1.807) is 0 Å². The summed E-state index contributed by atoms with van der Waals surface area (Å²) in [6, 6.07) is 0. The van der Waals surface area contributed by atoms with Crippen molar-refractivity contribution in [2.24, 2.45) is 17.1 Å². The third-order valence-corrected chi connectivity index (χ3v) is 4.10. The van der Waals surface area contributed by atoms with E-state index in [0.29, 0.717) is 12.5 Å². The van der Waals surface area contributed by atoms with Crippen molar-refractivity contribution in [1.82, 2.24) is 5.32 Å². The summed E-state index contributed by atoms with van der Waals surface area (Å²) in [4.78, 5) is 10.7. The van der Waals surface area contributed by atoms with Crippen LogP contribution >= 0.6 is 0 Å². The maximum atomic E-state index is 10.7. The molecular formula is C10H20N2O2. The average molecular weight is 200 g/mol. The van der Waals surface area contributed by atoms with E-state index in [0.717, 1.165) is 12.8 Å². The zero-order valence-electron chi connectivity index (χ0n) is 9.13. The SMILES string of the molecule is CC1(C)[C@@H](CN)CC[C@@]1(C)NC(=O)O. The van der Waals surface area contributed by atoms with Crippen LogP contribution in [0.4, 0.5) is 4.79 Å². The fraction of sp³-hybridized carbons (Fsp3) is 0.900. The number of rotatable bonds is 2. The lowest BCUT2D eigenvalue weighted by Gasteiger charge is -2.41. The number of nitrogens with two attached hydrogens (primary N) is 1. The third-order valence-electron chi connectivity index (χ3n) is 4.10. The Morgan fingerprint density at radius 1 is 1.57 bits per heavy atom. The summed E-state index contributed by atoms with van der Waals surface area (Å²) in [7, 11) is 0. The van der Waals surface area contributed by atoms with Gasteiger partial charge in [-0.3, -0.25) is 0 Å². The van der Waals surface area contributed by atoms with Crippen LogP contribution in [0.5, 0.6) is 0 Å². The zero-order valence-corrected chi connectivity index (χ0v) is 9.13. The van der Waals surface area contributed by atoms with Crippen molar-refractivity contribution in [1.29, 1.82) is 0 Å². The zero-order chi connectivity index (χ0) is 11.0. The number of carbonyl (C=O) groups is 1. The Morgan fingerprint density at radius 3 is 2.50 bits per heavy atom. The predicted octanol–water partition coefficient (Wildman–Crippen LogP) is 1.41. The lowest BCUT2D eigenvalue weighted by molar-refractivity contribution is 0.118. The highest BCUT2D eigenvalue weighted by Gasteiger charge is 2.51. The highest BCUT2D eigenvalue weighted by Crippen LogP contribution is 2.49. The monoisotopic (exact) mass is 200 g/mol. The van der Waals surface area contributed by atoms with Crippen LogP contribution in [0, 0.1) is 11.3 Å². The summed E-state index contributed by atoms with van der Waals surface area (Å²) in [5.41, 5.74) is 5.27. The van der Waals surface area contributed by atoms with Crippen molar-refractivity contribution >= 4 is 6.09 Å². The normalized spacial score (nSPS) is 35.6. The molecule has 4 nitrogen and oxygen atoms in total. The van der Waals surface area contributed by atoms with Crippen molar-refractivity contribution < 1.29 is 9.90 Å². The van der Waals surface area contributed by atoms with Gasteiger partial charge >= 0.3 is 6.09 Å². The molecule has 1 fully saturated rings. The van der Waals surface area contributed by atoms with Crippen LogP contribution in [0.2, 0.25) is 0 Å². The van der Waals surface area contributed by atoms with E-state index in [9.17, 15) is 4.79 Å². The van der Waals surface area contributed by atoms with Crippen LogP contribution in [0.1, 0.15) is 33.6 Å². The van der Waals surface area contributed by atoms with Gasteiger partial charge in [0.05, 0.1) is 0 Å². The van der Waals surface area contributed by atoms with Crippen molar-refractivity contribution in [3.63, 3.8) is 0 Å². The molecule has 4 heteroatoms. The first-order valence-electron chi connectivity index (χ1n) is 5.04. The van der Waals surface area contributed by atoms with Crippen LogP contribution in [0.25, 0.3) is 0 Å². The number of carboxylic acid groups (broad SMARTS) is 1. The van der Waals surface area contributed by atoms with E-state index < -0.39 is 6.09 Å². The highest BCUT2D eigenvalue weighted by atomic mass is 16.4. The maximum absolute atomic E-state index is 10.7. The van der Waals surface area contributed by atoms with Gasteiger partial charge in [-0.1, -0.05) is 13.8 Å². The van der Waals surface area contributed by atoms with Crippen molar-refractivity contribution in [3.05, 3.63) is 0 Å². The predicted molar refractivity (Wildman–Crippen MR) is 55.1 cm³/mol. The molecular weight excluding hydrogens is 180 g/mol. The van der Waals surface area contributed by atoms with Crippen LogP contribution < -0.4 is 11.1 Å². The van der Waals surface area contributed by atoms with Crippen LogP contribution in [-0.4, -0.2) is 23.3 Å². The smallest absolute Gasteiger partial charge is 0.405 e. The van der Waals surface area contributed by atoms with Crippen molar-refractivity contribution in [2.45, 2.75) is 39.2 Å². The number of hydrogen-bond acceptors (Lipinski definition) is 2. The van der Waals surface area contributed by atoms with E-state index in [1.165, 1.54) is 0 Å². The Bertz CT molecular complexity index is 240. The fourth-order valence-corrected chi connectivity index (χ4v) is 2.47. The summed E-state index contributed by atoms with van der Waals surface area (Å²) >= 11 is 0. The molecule has 14 heavy (non-hydrogen) atoms. The van der Waals surface area contributed by atoms with Gasteiger partial charge in [0.15, 0.2) is 0 Å². The Labute approximate surface area is 84.9 Å². The number of nitrogens with one attached hydrogen (secondary N) is 1. The second-order valence-corrected chi connectivity index (χ2v) is 4.96. The Balaban J connectivity index is 2.85. The summed E-state index contributed by atoms with van der Waals surface area (Å²) in [6.07, 6.45) is 0.923. The first-order valence-corrected chi connectivity index (χ1v) is 5.04. The molecule has 0 aromatic carbocycles. The lowest BCUT2D eigenvalue weighted by atomic mass is 9.71. The third kappa shape index (κ3) is 1.59. The lowest BCUT2D eigenvalue weighted by Crippen LogP contribution is -2.54. The summed E-state index contributed by atoms with van der Waals surface area (Å²) in [6.45, 7) is 6.78. The highest BCUT2D eigenvalue weighted by molar-refractivity contribution is 5.65. The van der Waals surface area contributed by atoms with Gasteiger partial charge in [-0.25, -0.2) is 4.79 Å². The maximum Gasteiger partial charge on any atom is 0.405 e. The Hall–Kier alpha value is -0.770. The van der Waals surface area contributed by atoms with Gasteiger partial charge in [0.25, 0.3) is 0 Å². The standard InChI is InChI=1S/C10H20N2O2/c1-9(2)7(6-11)4-5-10(9,3)12-8(13)14/h7,12H,4-6,11H2,1-3H3,(H,13,14)/t7-,10-/m1/s1. The summed E-state index contributed by atoms with van der Waals surface area (Å²) in [5, 5.41) is 11.4. The quantitative estimate of drug-likeness (QED) is 0.630. The molecule has 1 amide bonds. The fourth-order valence-electron chi connectivity index (χ4n) is 2.47. The van der Waals surface area contributed by atoms with Crippen LogP contribution in [-0.2, 0) is 0 Å². The molecule has 82 valence electrons. The molecule has 0 spiro atoms. The molecule has 0 bridgehead atoms. The molecule has 1 aliphatic rings. The van der Waals surface area contributed by atoms with E-state index >= 15 is 0 Å². The Morgan fingerprint density at radius 2 is 2.14 bits per heavy atom. The molecule has 0 radical (unpaired) electrons. The van der Waals surface area contributed by atoms with Gasteiger partial charge in [0, 0.05) is 5.54 Å². The van der Waals surface area contributed by atoms with E-state index in [2.05, 4.69) is 19.2 Å². The number of hydrogen-bond donors (Lipinski definition) is 3. The van der Waals surface area contributed by atoms with Crippen LogP contribution in [0.15, 0.2) is 0 Å². The van der Waals surface area contributed by atoms with E-state index in [-0.39, 0.29) is 11.0 Å². The molecule has 1 saturated carbocycles. The second kappa shape index (κ2) is 3.42. The first kappa shape index (κ1) is 11.3. The van der Waals surface area contributed by atoms with Gasteiger partial charge in [-0.2, -0.15) is 0 Å². The summed E-state index contributed by atoms with van der Waals surface area (Å²) in [5.74, 6) is 0.402. The van der Waals surface area contributed by atoms with Gasteiger partial charge in [-0.15, -0.1) is 0 Å². The van der Waals surface area contributed by atoms with Crippen LogP contribution in [0.3, 0.4) is 0 Å². The largest absolute Gasteiger partial charge is 0.465 e.